The van der Waals surface area contributed by atoms with Crippen LogP contribution in [0.15, 0.2) is 34.2 Å². The van der Waals surface area contributed by atoms with Crippen molar-refractivity contribution in [2.24, 2.45) is 0 Å². The standard InChI is InChI=1S/C24H29N3O3S2/c1-4-30-14-8-13-27-23(29)21-16(2)17(3)32-22(21)25-24(27)31-15-20(28)26-12-7-10-18-9-5-6-11-19(18)26/h5-6,9,11H,4,7-8,10,12-15H2,1-3H3. The summed E-state index contributed by atoms with van der Waals surface area (Å²) in [5.74, 6) is 0.303. The molecule has 6 nitrogen and oxygen atoms in total. The van der Waals surface area contributed by atoms with Gasteiger partial charge in [-0.05, 0) is 57.2 Å². The zero-order valence-corrected chi connectivity index (χ0v) is 20.5. The van der Waals surface area contributed by atoms with Gasteiger partial charge in [0, 0.05) is 36.9 Å². The van der Waals surface area contributed by atoms with Gasteiger partial charge in [0.05, 0.1) is 11.1 Å². The molecule has 3 aromatic rings. The van der Waals surface area contributed by atoms with E-state index in [1.807, 2.05) is 43.9 Å². The molecule has 3 heterocycles. The Labute approximate surface area is 196 Å². The molecule has 1 aliphatic rings. The number of thioether (sulfide) groups is 1. The Balaban J connectivity index is 1.59. The van der Waals surface area contributed by atoms with Gasteiger partial charge in [0.15, 0.2) is 5.16 Å². The van der Waals surface area contributed by atoms with Crippen LogP contribution in [-0.2, 0) is 22.5 Å². The van der Waals surface area contributed by atoms with E-state index in [-0.39, 0.29) is 17.2 Å². The summed E-state index contributed by atoms with van der Waals surface area (Å²) in [6.45, 7) is 8.46. The molecular weight excluding hydrogens is 442 g/mol. The second-order valence-electron chi connectivity index (χ2n) is 7.93. The third-order valence-corrected chi connectivity index (χ3v) is 7.93. The summed E-state index contributed by atoms with van der Waals surface area (Å²) in [7, 11) is 0. The minimum Gasteiger partial charge on any atom is -0.382 e. The number of fused-ring (bicyclic) bond motifs is 2. The normalized spacial score (nSPS) is 13.5. The SMILES string of the molecule is CCOCCCn1c(SCC(=O)N2CCCc3ccccc32)nc2sc(C)c(C)c2c1=O. The summed E-state index contributed by atoms with van der Waals surface area (Å²) in [6.07, 6.45) is 2.69. The highest BCUT2D eigenvalue weighted by Crippen LogP contribution is 2.30. The minimum atomic E-state index is -0.0217. The number of carbonyl (C=O) groups is 1. The number of rotatable bonds is 8. The average Bonchev–Trinajstić information content (AvgIpc) is 3.09. The Kier molecular flexibility index (Phi) is 7.33. The molecule has 4 rings (SSSR count). The molecule has 0 aliphatic carbocycles. The molecule has 1 aromatic carbocycles. The van der Waals surface area contributed by atoms with E-state index in [9.17, 15) is 9.59 Å². The molecule has 0 saturated heterocycles. The van der Waals surface area contributed by atoms with Crippen LogP contribution in [0, 0.1) is 13.8 Å². The second-order valence-corrected chi connectivity index (χ2v) is 10.1. The van der Waals surface area contributed by atoms with Gasteiger partial charge in [-0.15, -0.1) is 11.3 Å². The molecule has 8 heteroatoms. The van der Waals surface area contributed by atoms with Gasteiger partial charge in [-0.3, -0.25) is 14.2 Å². The van der Waals surface area contributed by atoms with Gasteiger partial charge in [-0.2, -0.15) is 0 Å². The lowest BCUT2D eigenvalue weighted by atomic mass is 10.0. The molecule has 2 aromatic heterocycles. The molecule has 32 heavy (non-hydrogen) atoms. The molecule has 0 fully saturated rings. The van der Waals surface area contributed by atoms with E-state index in [1.54, 1.807) is 15.9 Å². The third-order valence-electron chi connectivity index (χ3n) is 5.86. The summed E-state index contributed by atoms with van der Waals surface area (Å²) in [4.78, 5) is 35.0. The number of benzene rings is 1. The zero-order valence-electron chi connectivity index (χ0n) is 18.8. The molecule has 0 saturated carbocycles. The van der Waals surface area contributed by atoms with E-state index < -0.39 is 0 Å². The van der Waals surface area contributed by atoms with Crippen LogP contribution in [-0.4, -0.2) is 41.0 Å². The Morgan fingerprint density at radius 3 is 2.91 bits per heavy atom. The molecule has 1 amide bonds. The van der Waals surface area contributed by atoms with Crippen molar-refractivity contribution in [1.82, 2.24) is 9.55 Å². The summed E-state index contributed by atoms with van der Waals surface area (Å²) in [5, 5.41) is 1.31. The summed E-state index contributed by atoms with van der Waals surface area (Å²) < 4.78 is 7.18. The van der Waals surface area contributed by atoms with E-state index in [0.29, 0.717) is 30.3 Å². The highest BCUT2D eigenvalue weighted by Gasteiger charge is 2.23. The van der Waals surface area contributed by atoms with Crippen molar-refractivity contribution in [3.8, 4) is 0 Å². The van der Waals surface area contributed by atoms with E-state index in [0.717, 1.165) is 46.8 Å². The number of hydrogen-bond donors (Lipinski definition) is 0. The van der Waals surface area contributed by atoms with Crippen LogP contribution in [0.1, 0.15) is 35.8 Å². The van der Waals surface area contributed by atoms with Crippen molar-refractivity contribution in [3.05, 3.63) is 50.6 Å². The van der Waals surface area contributed by atoms with Crippen molar-refractivity contribution < 1.29 is 9.53 Å². The Hall–Kier alpha value is -2.16. The number of anilines is 1. The largest absolute Gasteiger partial charge is 0.382 e. The van der Waals surface area contributed by atoms with Gasteiger partial charge in [0.25, 0.3) is 5.56 Å². The third kappa shape index (κ3) is 4.63. The number of aromatic nitrogens is 2. The number of hydrogen-bond acceptors (Lipinski definition) is 6. The quantitative estimate of drug-likeness (QED) is 0.273. The smallest absolute Gasteiger partial charge is 0.263 e. The molecule has 0 atom stereocenters. The van der Waals surface area contributed by atoms with Crippen molar-refractivity contribution in [3.63, 3.8) is 0 Å². The van der Waals surface area contributed by atoms with E-state index >= 15 is 0 Å². The van der Waals surface area contributed by atoms with E-state index in [4.69, 9.17) is 9.72 Å². The Bertz CT molecular complexity index is 1190. The van der Waals surface area contributed by atoms with Crippen LogP contribution in [0.3, 0.4) is 0 Å². The first-order valence-electron chi connectivity index (χ1n) is 11.1. The van der Waals surface area contributed by atoms with Crippen molar-refractivity contribution in [2.45, 2.75) is 51.7 Å². The highest BCUT2D eigenvalue weighted by atomic mass is 32.2. The van der Waals surface area contributed by atoms with Gasteiger partial charge in [-0.1, -0.05) is 30.0 Å². The number of nitrogens with zero attached hydrogens (tertiary/aromatic N) is 3. The summed E-state index contributed by atoms with van der Waals surface area (Å²) in [5.41, 5.74) is 3.20. The monoisotopic (exact) mass is 471 g/mol. The topological polar surface area (TPSA) is 64.4 Å². The lowest BCUT2D eigenvalue weighted by Gasteiger charge is -2.29. The fourth-order valence-electron chi connectivity index (χ4n) is 4.08. The van der Waals surface area contributed by atoms with Gasteiger partial charge < -0.3 is 9.64 Å². The molecular formula is C24H29N3O3S2. The first-order chi connectivity index (χ1) is 15.5. The fraction of sp³-hybridized carbons (Fsp3) is 0.458. The number of amides is 1. The van der Waals surface area contributed by atoms with E-state index in [2.05, 4.69) is 6.07 Å². The van der Waals surface area contributed by atoms with Crippen molar-refractivity contribution >= 4 is 44.9 Å². The van der Waals surface area contributed by atoms with Crippen molar-refractivity contribution in [1.29, 1.82) is 0 Å². The zero-order chi connectivity index (χ0) is 22.7. The number of para-hydroxylation sites is 1. The van der Waals surface area contributed by atoms with Gasteiger partial charge in [0.1, 0.15) is 4.83 Å². The van der Waals surface area contributed by atoms with Crippen LogP contribution >= 0.6 is 23.1 Å². The average molecular weight is 472 g/mol. The molecule has 0 bridgehead atoms. The number of ether oxygens (including phenoxy) is 1. The first kappa shape index (κ1) is 23.0. The molecule has 0 unspecified atom stereocenters. The fourth-order valence-corrected chi connectivity index (χ4v) is 6.05. The van der Waals surface area contributed by atoms with Gasteiger partial charge in [0.2, 0.25) is 5.91 Å². The van der Waals surface area contributed by atoms with Crippen LogP contribution in [0.5, 0.6) is 0 Å². The number of thiophene rings is 1. The molecule has 0 N–H and O–H groups in total. The van der Waals surface area contributed by atoms with Crippen LogP contribution in [0.25, 0.3) is 10.2 Å². The maximum Gasteiger partial charge on any atom is 0.263 e. The molecule has 170 valence electrons. The van der Waals surface area contributed by atoms with E-state index in [1.165, 1.54) is 17.3 Å². The summed E-state index contributed by atoms with van der Waals surface area (Å²) >= 11 is 2.90. The lowest BCUT2D eigenvalue weighted by molar-refractivity contribution is -0.116. The van der Waals surface area contributed by atoms with Crippen LogP contribution < -0.4 is 10.5 Å². The molecule has 0 radical (unpaired) electrons. The van der Waals surface area contributed by atoms with Crippen LogP contribution in [0.2, 0.25) is 0 Å². The Morgan fingerprint density at radius 2 is 2.09 bits per heavy atom. The highest BCUT2D eigenvalue weighted by molar-refractivity contribution is 7.99. The van der Waals surface area contributed by atoms with Crippen LogP contribution in [0.4, 0.5) is 5.69 Å². The molecule has 1 aliphatic heterocycles. The molecule has 0 spiro atoms. The number of carbonyl (C=O) groups excluding carboxylic acids is 1. The summed E-state index contributed by atoms with van der Waals surface area (Å²) in [6, 6.07) is 8.11. The van der Waals surface area contributed by atoms with Gasteiger partial charge in [-0.25, -0.2) is 4.98 Å². The predicted molar refractivity (Wildman–Crippen MR) is 132 cm³/mol. The van der Waals surface area contributed by atoms with Crippen molar-refractivity contribution in [2.75, 3.05) is 30.4 Å². The van der Waals surface area contributed by atoms with Gasteiger partial charge >= 0.3 is 0 Å². The maximum absolute atomic E-state index is 13.3. The minimum absolute atomic E-state index is 0.0217. The Morgan fingerprint density at radius 1 is 1.28 bits per heavy atom. The predicted octanol–water partition coefficient (Wildman–Crippen LogP) is 4.57. The second kappa shape index (κ2) is 10.2. The first-order valence-corrected chi connectivity index (χ1v) is 12.9. The lowest BCUT2D eigenvalue weighted by Crippen LogP contribution is -2.36. The number of aryl methyl sites for hydroxylation is 3. The maximum atomic E-state index is 13.3.